The van der Waals surface area contributed by atoms with Crippen molar-refractivity contribution in [1.29, 1.82) is 0 Å². The molecule has 2 N–H and O–H groups in total. The van der Waals surface area contributed by atoms with E-state index in [4.69, 9.17) is 5.11 Å². The second kappa shape index (κ2) is 5.25. The number of aliphatic hydroxyl groups is 1. The van der Waals surface area contributed by atoms with Crippen LogP contribution in [0.3, 0.4) is 0 Å². The minimum atomic E-state index is -0.00664. The highest BCUT2D eigenvalue weighted by Gasteiger charge is 2.53. The lowest BCUT2D eigenvalue weighted by molar-refractivity contribution is 0.174. The first-order valence-electron chi connectivity index (χ1n) is 6.85. The van der Waals surface area contributed by atoms with Crippen LogP contribution in [0, 0.1) is 11.3 Å². The van der Waals surface area contributed by atoms with Gasteiger partial charge in [-0.25, -0.2) is 4.79 Å². The van der Waals surface area contributed by atoms with Crippen LogP contribution in [0.5, 0.6) is 0 Å². The van der Waals surface area contributed by atoms with Crippen molar-refractivity contribution >= 4 is 6.03 Å². The maximum absolute atomic E-state index is 11.9. The summed E-state index contributed by atoms with van der Waals surface area (Å²) < 4.78 is 0. The predicted molar refractivity (Wildman–Crippen MR) is 66.7 cm³/mol. The summed E-state index contributed by atoms with van der Waals surface area (Å²) in [4.78, 5) is 13.7. The molecule has 98 valence electrons. The molecule has 2 fully saturated rings. The molecule has 0 aromatic heterocycles. The van der Waals surface area contributed by atoms with Gasteiger partial charge >= 0.3 is 6.03 Å². The van der Waals surface area contributed by atoms with Crippen molar-refractivity contribution in [2.75, 3.05) is 26.2 Å². The van der Waals surface area contributed by atoms with Gasteiger partial charge in [0.05, 0.1) is 6.61 Å². The normalized spacial score (nSPS) is 21.1. The molecular weight excluding hydrogens is 216 g/mol. The smallest absolute Gasteiger partial charge is 0.317 e. The first-order chi connectivity index (χ1) is 8.22. The third-order valence-corrected chi connectivity index (χ3v) is 4.08. The van der Waals surface area contributed by atoms with Crippen LogP contribution in [0.25, 0.3) is 0 Å². The lowest BCUT2D eigenvalue weighted by Crippen LogP contribution is -2.44. The van der Waals surface area contributed by atoms with Gasteiger partial charge in [0.25, 0.3) is 0 Å². The fraction of sp³-hybridized carbons (Fsp3) is 0.923. The fourth-order valence-corrected chi connectivity index (χ4v) is 2.65. The van der Waals surface area contributed by atoms with Gasteiger partial charge in [-0.15, -0.1) is 0 Å². The molecule has 0 aliphatic heterocycles. The van der Waals surface area contributed by atoms with E-state index in [1.54, 1.807) is 4.90 Å². The van der Waals surface area contributed by atoms with Crippen LogP contribution in [0.2, 0.25) is 0 Å². The van der Waals surface area contributed by atoms with E-state index in [0.29, 0.717) is 12.0 Å². The number of carbonyl (C=O) groups is 1. The van der Waals surface area contributed by atoms with Gasteiger partial charge in [-0.05, 0) is 43.4 Å². The van der Waals surface area contributed by atoms with E-state index in [9.17, 15) is 4.79 Å². The summed E-state index contributed by atoms with van der Waals surface area (Å²) in [5.41, 5.74) is 0.451. The van der Waals surface area contributed by atoms with E-state index in [1.807, 2.05) is 6.92 Å². The molecule has 2 aliphatic carbocycles. The molecule has 2 rings (SSSR count). The number of nitrogens with zero attached hydrogens (tertiary/aromatic N) is 1. The largest absolute Gasteiger partial charge is 0.395 e. The summed E-state index contributed by atoms with van der Waals surface area (Å²) in [6.45, 7) is 4.09. The Kier molecular flexibility index (Phi) is 3.92. The lowest BCUT2D eigenvalue weighted by atomic mass is 10.0. The summed E-state index contributed by atoms with van der Waals surface area (Å²) in [7, 11) is 0. The third-order valence-electron chi connectivity index (χ3n) is 4.08. The fourth-order valence-electron chi connectivity index (χ4n) is 2.65. The standard InChI is InChI=1S/C13H24N2O2/c1-2-7-15(8-9-16)12(17)14-10-13(5-6-13)11-3-4-11/h11,16H,2-10H2,1H3,(H,14,17). The number of aliphatic hydroxyl groups excluding tert-OH is 1. The molecule has 0 spiro atoms. The predicted octanol–water partition coefficient (Wildman–Crippen LogP) is 1.59. The van der Waals surface area contributed by atoms with Crippen molar-refractivity contribution in [3.63, 3.8) is 0 Å². The molecule has 2 aliphatic rings. The van der Waals surface area contributed by atoms with Crippen molar-refractivity contribution < 1.29 is 9.90 Å². The van der Waals surface area contributed by atoms with Crippen LogP contribution >= 0.6 is 0 Å². The zero-order valence-corrected chi connectivity index (χ0v) is 10.7. The maximum atomic E-state index is 11.9. The van der Waals surface area contributed by atoms with Crippen molar-refractivity contribution in [2.24, 2.45) is 11.3 Å². The van der Waals surface area contributed by atoms with Crippen molar-refractivity contribution in [3.8, 4) is 0 Å². The molecule has 0 radical (unpaired) electrons. The van der Waals surface area contributed by atoms with E-state index in [0.717, 1.165) is 25.4 Å². The third kappa shape index (κ3) is 3.12. The summed E-state index contributed by atoms with van der Waals surface area (Å²) in [6, 6.07) is -0.00664. The van der Waals surface area contributed by atoms with Crippen LogP contribution in [-0.4, -0.2) is 42.3 Å². The Labute approximate surface area is 103 Å². The Morgan fingerprint density at radius 1 is 1.41 bits per heavy atom. The lowest BCUT2D eigenvalue weighted by Gasteiger charge is -2.23. The first-order valence-corrected chi connectivity index (χ1v) is 6.85. The summed E-state index contributed by atoms with van der Waals surface area (Å²) in [5, 5.41) is 12.0. The van der Waals surface area contributed by atoms with Gasteiger partial charge in [0, 0.05) is 19.6 Å². The van der Waals surface area contributed by atoms with E-state index < -0.39 is 0 Å². The van der Waals surface area contributed by atoms with Crippen LogP contribution < -0.4 is 5.32 Å². The molecular formula is C13H24N2O2. The molecule has 17 heavy (non-hydrogen) atoms. The highest BCUT2D eigenvalue weighted by Crippen LogP contribution is 2.60. The van der Waals surface area contributed by atoms with E-state index in [1.165, 1.54) is 25.7 Å². The summed E-state index contributed by atoms with van der Waals surface area (Å²) >= 11 is 0. The summed E-state index contributed by atoms with van der Waals surface area (Å²) in [6.07, 6.45) is 6.20. The zero-order chi connectivity index (χ0) is 12.3. The molecule has 4 nitrogen and oxygen atoms in total. The molecule has 0 aromatic rings. The van der Waals surface area contributed by atoms with Gasteiger partial charge in [-0.1, -0.05) is 6.92 Å². The number of hydrogen-bond acceptors (Lipinski definition) is 2. The van der Waals surface area contributed by atoms with Crippen molar-refractivity contribution in [2.45, 2.75) is 39.0 Å². The molecule has 0 saturated heterocycles. The summed E-state index contributed by atoms with van der Waals surface area (Å²) in [5.74, 6) is 0.875. The van der Waals surface area contributed by atoms with Crippen molar-refractivity contribution in [3.05, 3.63) is 0 Å². The minimum Gasteiger partial charge on any atom is -0.395 e. The van der Waals surface area contributed by atoms with Crippen LogP contribution in [0.4, 0.5) is 4.79 Å². The van der Waals surface area contributed by atoms with E-state index in [-0.39, 0.29) is 12.6 Å². The van der Waals surface area contributed by atoms with Gasteiger partial charge in [-0.2, -0.15) is 0 Å². The number of rotatable bonds is 7. The Morgan fingerprint density at radius 2 is 2.12 bits per heavy atom. The second-order valence-electron chi connectivity index (χ2n) is 5.51. The Balaban J connectivity index is 1.74. The van der Waals surface area contributed by atoms with Crippen molar-refractivity contribution in [1.82, 2.24) is 10.2 Å². The molecule has 0 aromatic carbocycles. The number of urea groups is 1. The van der Waals surface area contributed by atoms with Gasteiger partial charge in [0.15, 0.2) is 0 Å². The second-order valence-corrected chi connectivity index (χ2v) is 5.51. The molecule has 0 unspecified atom stereocenters. The topological polar surface area (TPSA) is 52.6 Å². The zero-order valence-electron chi connectivity index (χ0n) is 10.7. The molecule has 0 bridgehead atoms. The molecule has 2 amide bonds. The number of carbonyl (C=O) groups excluding carboxylic acids is 1. The quantitative estimate of drug-likeness (QED) is 0.710. The van der Waals surface area contributed by atoms with Crippen LogP contribution in [0.15, 0.2) is 0 Å². The SMILES string of the molecule is CCCN(CCO)C(=O)NCC1(C2CC2)CC1. The Bertz CT molecular complexity index is 267. The maximum Gasteiger partial charge on any atom is 0.317 e. The Hall–Kier alpha value is -0.770. The molecule has 2 saturated carbocycles. The molecule has 0 atom stereocenters. The number of amides is 2. The van der Waals surface area contributed by atoms with Gasteiger partial charge in [0.2, 0.25) is 0 Å². The van der Waals surface area contributed by atoms with Gasteiger partial charge in [0.1, 0.15) is 0 Å². The van der Waals surface area contributed by atoms with Crippen LogP contribution in [-0.2, 0) is 0 Å². The molecule has 0 heterocycles. The van der Waals surface area contributed by atoms with Crippen LogP contribution in [0.1, 0.15) is 39.0 Å². The van der Waals surface area contributed by atoms with Gasteiger partial charge < -0.3 is 15.3 Å². The Morgan fingerprint density at radius 3 is 2.59 bits per heavy atom. The average Bonchev–Trinajstić information content (AvgIpc) is 3.17. The highest BCUT2D eigenvalue weighted by atomic mass is 16.3. The first kappa shape index (κ1) is 12.7. The van der Waals surface area contributed by atoms with E-state index in [2.05, 4.69) is 5.32 Å². The average molecular weight is 240 g/mol. The monoisotopic (exact) mass is 240 g/mol. The van der Waals surface area contributed by atoms with E-state index >= 15 is 0 Å². The number of hydrogen-bond donors (Lipinski definition) is 2. The molecule has 4 heteroatoms. The minimum absolute atomic E-state index is 0.00664. The van der Waals surface area contributed by atoms with Gasteiger partial charge in [-0.3, -0.25) is 0 Å². The number of nitrogens with one attached hydrogen (secondary N) is 1. The highest BCUT2D eigenvalue weighted by molar-refractivity contribution is 5.74.